The molecule has 17 heavy (non-hydrogen) atoms. The topological polar surface area (TPSA) is 35.2 Å². The third kappa shape index (κ3) is 3.20. The van der Waals surface area contributed by atoms with Gasteiger partial charge in [0.2, 0.25) is 0 Å². The summed E-state index contributed by atoms with van der Waals surface area (Å²) in [5, 5.41) is 0. The quantitative estimate of drug-likeness (QED) is 0.875. The summed E-state index contributed by atoms with van der Waals surface area (Å²) in [4.78, 5) is 0. The molecule has 0 fully saturated rings. The molecule has 0 saturated heterocycles. The zero-order chi connectivity index (χ0) is 12.3. The van der Waals surface area contributed by atoms with Gasteiger partial charge in [0, 0.05) is 10.5 Å². The van der Waals surface area contributed by atoms with E-state index in [0.717, 1.165) is 10.0 Å². The Morgan fingerprint density at radius 2 is 1.82 bits per heavy atom. The first-order valence-corrected chi connectivity index (χ1v) is 5.87. The molecule has 0 saturated carbocycles. The van der Waals surface area contributed by atoms with Crippen LogP contribution >= 0.6 is 15.9 Å². The van der Waals surface area contributed by atoms with Crippen molar-refractivity contribution in [2.45, 2.75) is 6.61 Å². The maximum atomic E-state index is 13.1. The molecule has 2 nitrogen and oxygen atoms in total. The molecule has 0 amide bonds. The number of halogens is 2. The number of nitrogens with two attached hydrogens (primary N) is 1. The van der Waals surface area contributed by atoms with Crippen LogP contribution in [0.15, 0.2) is 46.9 Å². The third-order valence-corrected chi connectivity index (χ3v) is 2.82. The molecule has 0 radical (unpaired) electrons. The summed E-state index contributed by atoms with van der Waals surface area (Å²) in [6, 6.07) is 12.2. The summed E-state index contributed by atoms with van der Waals surface area (Å²) in [6.45, 7) is 0.399. The van der Waals surface area contributed by atoms with Crippen LogP contribution in [0.4, 0.5) is 10.1 Å². The van der Waals surface area contributed by atoms with E-state index >= 15 is 0 Å². The minimum atomic E-state index is -0.460. The van der Waals surface area contributed by atoms with Gasteiger partial charge in [-0.3, -0.25) is 0 Å². The number of hydrogen-bond donors (Lipinski definition) is 1. The largest absolute Gasteiger partial charge is 0.489 e. The Morgan fingerprint density at radius 3 is 2.47 bits per heavy atom. The molecule has 2 rings (SSSR count). The highest BCUT2D eigenvalue weighted by Gasteiger charge is 2.01. The predicted octanol–water partition coefficient (Wildman–Crippen LogP) is 3.75. The van der Waals surface area contributed by atoms with Crippen molar-refractivity contribution in [3.63, 3.8) is 0 Å². The Morgan fingerprint density at radius 1 is 1.12 bits per heavy atom. The van der Waals surface area contributed by atoms with Crippen molar-refractivity contribution in [1.82, 2.24) is 0 Å². The van der Waals surface area contributed by atoms with Crippen LogP contribution < -0.4 is 10.5 Å². The molecule has 2 N–H and O–H groups in total. The number of ether oxygens (including phenoxy) is 1. The maximum Gasteiger partial charge on any atom is 0.149 e. The Labute approximate surface area is 107 Å². The Balaban J connectivity index is 2.02. The van der Waals surface area contributed by atoms with Gasteiger partial charge in [0.05, 0.1) is 5.69 Å². The lowest BCUT2D eigenvalue weighted by molar-refractivity contribution is 0.304. The van der Waals surface area contributed by atoms with Crippen LogP contribution in [0.25, 0.3) is 0 Å². The van der Waals surface area contributed by atoms with E-state index in [2.05, 4.69) is 15.9 Å². The molecule has 0 bridgehead atoms. The fraction of sp³-hybridized carbons (Fsp3) is 0.0769. The van der Waals surface area contributed by atoms with Gasteiger partial charge >= 0.3 is 0 Å². The highest BCUT2D eigenvalue weighted by Crippen LogP contribution is 2.19. The van der Waals surface area contributed by atoms with Crippen molar-refractivity contribution in [3.05, 3.63) is 58.3 Å². The minimum absolute atomic E-state index is 0.126. The smallest absolute Gasteiger partial charge is 0.149 e. The first-order chi connectivity index (χ1) is 8.15. The summed E-state index contributed by atoms with van der Waals surface area (Å²) in [6.07, 6.45) is 0. The zero-order valence-electron chi connectivity index (χ0n) is 8.99. The average Bonchev–Trinajstić information content (AvgIpc) is 2.33. The van der Waals surface area contributed by atoms with Crippen LogP contribution in [-0.2, 0) is 6.61 Å². The van der Waals surface area contributed by atoms with Gasteiger partial charge in [-0.1, -0.05) is 28.1 Å². The Kier molecular flexibility index (Phi) is 3.64. The SMILES string of the molecule is Nc1ccc(OCc2ccc(Br)cc2)cc1F. The van der Waals surface area contributed by atoms with Gasteiger partial charge in [0.25, 0.3) is 0 Å². The lowest BCUT2D eigenvalue weighted by atomic mass is 10.2. The second-order valence-electron chi connectivity index (χ2n) is 3.60. The van der Waals surface area contributed by atoms with Crippen molar-refractivity contribution >= 4 is 21.6 Å². The normalized spacial score (nSPS) is 10.2. The van der Waals surface area contributed by atoms with E-state index in [1.54, 1.807) is 6.07 Å². The Hall–Kier alpha value is -1.55. The summed E-state index contributed by atoms with van der Waals surface area (Å²) in [5.74, 6) is 0.0120. The number of benzene rings is 2. The number of nitrogen functional groups attached to an aromatic ring is 1. The van der Waals surface area contributed by atoms with Gasteiger partial charge in [-0.05, 0) is 29.8 Å². The maximum absolute atomic E-state index is 13.1. The van der Waals surface area contributed by atoms with Gasteiger partial charge in [-0.2, -0.15) is 0 Å². The minimum Gasteiger partial charge on any atom is -0.489 e. The molecule has 0 spiro atoms. The molecule has 0 aliphatic rings. The van der Waals surface area contributed by atoms with Crippen LogP contribution in [-0.4, -0.2) is 0 Å². The van der Waals surface area contributed by atoms with Crippen LogP contribution in [0.2, 0.25) is 0 Å². The lowest BCUT2D eigenvalue weighted by Gasteiger charge is -2.07. The molecule has 0 aliphatic heterocycles. The molecule has 0 aliphatic carbocycles. The van der Waals surface area contributed by atoms with Gasteiger partial charge in [-0.25, -0.2) is 4.39 Å². The first kappa shape index (κ1) is 11.9. The summed E-state index contributed by atoms with van der Waals surface area (Å²) < 4.78 is 19.6. The molecule has 4 heteroatoms. The second-order valence-corrected chi connectivity index (χ2v) is 4.51. The van der Waals surface area contributed by atoms with Crippen LogP contribution in [0.5, 0.6) is 5.75 Å². The lowest BCUT2D eigenvalue weighted by Crippen LogP contribution is -1.97. The van der Waals surface area contributed by atoms with Crippen LogP contribution in [0.1, 0.15) is 5.56 Å². The van der Waals surface area contributed by atoms with E-state index in [0.29, 0.717) is 12.4 Å². The van der Waals surface area contributed by atoms with Gasteiger partial charge < -0.3 is 10.5 Å². The van der Waals surface area contributed by atoms with Gasteiger partial charge in [-0.15, -0.1) is 0 Å². The van der Waals surface area contributed by atoms with Crippen LogP contribution in [0, 0.1) is 5.82 Å². The zero-order valence-corrected chi connectivity index (χ0v) is 10.6. The number of rotatable bonds is 3. The summed E-state index contributed by atoms with van der Waals surface area (Å²) in [5.41, 5.74) is 6.52. The van der Waals surface area contributed by atoms with Crippen molar-refractivity contribution in [3.8, 4) is 5.75 Å². The van der Waals surface area contributed by atoms with Crippen molar-refractivity contribution in [2.75, 3.05) is 5.73 Å². The predicted molar refractivity (Wildman–Crippen MR) is 69.3 cm³/mol. The number of anilines is 1. The van der Waals surface area contributed by atoms with E-state index in [-0.39, 0.29) is 5.69 Å². The molecule has 0 atom stereocenters. The molecule has 2 aromatic carbocycles. The van der Waals surface area contributed by atoms with Gasteiger partial charge in [0.1, 0.15) is 18.2 Å². The highest BCUT2D eigenvalue weighted by atomic mass is 79.9. The first-order valence-electron chi connectivity index (χ1n) is 5.07. The van der Waals surface area contributed by atoms with Crippen LogP contribution in [0.3, 0.4) is 0 Å². The van der Waals surface area contributed by atoms with E-state index in [1.165, 1.54) is 12.1 Å². The fourth-order valence-corrected chi connectivity index (χ4v) is 1.61. The van der Waals surface area contributed by atoms with E-state index in [9.17, 15) is 4.39 Å². The van der Waals surface area contributed by atoms with E-state index in [1.807, 2.05) is 24.3 Å². The fourth-order valence-electron chi connectivity index (χ4n) is 1.34. The monoisotopic (exact) mass is 295 g/mol. The molecular formula is C13H11BrFNO. The summed E-state index contributed by atoms with van der Waals surface area (Å²) >= 11 is 3.35. The standard InChI is InChI=1S/C13H11BrFNO/c14-10-3-1-9(2-4-10)8-17-11-5-6-13(16)12(15)7-11/h1-7H,8,16H2. The van der Waals surface area contributed by atoms with E-state index in [4.69, 9.17) is 10.5 Å². The molecule has 88 valence electrons. The molecule has 0 heterocycles. The molecular weight excluding hydrogens is 285 g/mol. The average molecular weight is 296 g/mol. The molecule has 2 aromatic rings. The highest BCUT2D eigenvalue weighted by molar-refractivity contribution is 9.10. The molecule has 0 aromatic heterocycles. The third-order valence-electron chi connectivity index (χ3n) is 2.29. The van der Waals surface area contributed by atoms with Crippen molar-refractivity contribution in [2.24, 2.45) is 0 Å². The summed E-state index contributed by atoms with van der Waals surface area (Å²) in [7, 11) is 0. The molecule has 0 unspecified atom stereocenters. The van der Waals surface area contributed by atoms with Gasteiger partial charge in [0.15, 0.2) is 0 Å². The number of hydrogen-bond acceptors (Lipinski definition) is 2. The Bertz CT molecular complexity index is 513. The van der Waals surface area contributed by atoms with Crippen molar-refractivity contribution in [1.29, 1.82) is 0 Å². The van der Waals surface area contributed by atoms with E-state index < -0.39 is 5.82 Å². The second kappa shape index (κ2) is 5.19. The van der Waals surface area contributed by atoms with Crippen molar-refractivity contribution < 1.29 is 9.13 Å².